The molecule has 0 radical (unpaired) electrons. The van der Waals surface area contributed by atoms with Gasteiger partial charge >= 0.3 is 0 Å². The molecule has 3 unspecified atom stereocenters. The summed E-state index contributed by atoms with van der Waals surface area (Å²) in [5.74, 6) is 1.62. The molecule has 2 fully saturated rings. The Kier molecular flexibility index (Phi) is 4.78. The summed E-state index contributed by atoms with van der Waals surface area (Å²) >= 11 is 0. The average Bonchev–Trinajstić information content (AvgIpc) is 2.33. The smallest absolute Gasteiger partial charge is 0.223 e. The number of carbonyl (C=O) groups is 1. The third-order valence-corrected chi connectivity index (χ3v) is 5.55. The van der Waals surface area contributed by atoms with Crippen LogP contribution in [0.2, 0.25) is 0 Å². The van der Waals surface area contributed by atoms with Crippen molar-refractivity contribution >= 4 is 5.91 Å². The fraction of sp³-hybridized carbons (Fsp3) is 0.941. The minimum Gasteiger partial charge on any atom is -0.353 e. The van der Waals surface area contributed by atoms with Crippen LogP contribution in [0.25, 0.3) is 0 Å². The lowest BCUT2D eigenvalue weighted by atomic mass is 9.65. The summed E-state index contributed by atoms with van der Waals surface area (Å²) in [4.78, 5) is 12.6. The molecule has 2 bridgehead atoms. The molecule has 0 aromatic heterocycles. The lowest BCUT2D eigenvalue weighted by Crippen LogP contribution is -2.51. The third kappa shape index (κ3) is 3.36. The minimum atomic E-state index is 0.130. The summed E-state index contributed by atoms with van der Waals surface area (Å²) in [6.45, 7) is 8.76. The number of amides is 1. The van der Waals surface area contributed by atoms with Crippen LogP contribution in [-0.4, -0.2) is 18.0 Å². The van der Waals surface area contributed by atoms with Crippen LogP contribution in [0.15, 0.2) is 0 Å². The highest BCUT2D eigenvalue weighted by Gasteiger charge is 2.41. The molecular weight excluding hydrogens is 248 g/mol. The maximum atomic E-state index is 12.6. The monoisotopic (exact) mass is 280 g/mol. The van der Waals surface area contributed by atoms with Crippen molar-refractivity contribution in [2.75, 3.05) is 0 Å². The third-order valence-electron chi connectivity index (χ3n) is 5.55. The lowest BCUT2D eigenvalue weighted by Gasteiger charge is -2.44. The van der Waals surface area contributed by atoms with E-state index < -0.39 is 0 Å². The fourth-order valence-corrected chi connectivity index (χ4v) is 4.22. The van der Waals surface area contributed by atoms with E-state index in [0.29, 0.717) is 17.9 Å². The molecule has 0 aromatic carbocycles. The Balaban J connectivity index is 1.96. The van der Waals surface area contributed by atoms with Gasteiger partial charge in [0.1, 0.15) is 0 Å². The molecule has 2 saturated carbocycles. The van der Waals surface area contributed by atoms with E-state index in [2.05, 4.69) is 33.0 Å². The first-order chi connectivity index (χ1) is 9.32. The van der Waals surface area contributed by atoms with E-state index in [1.54, 1.807) is 0 Å². The van der Waals surface area contributed by atoms with E-state index >= 15 is 0 Å². The first-order valence-electron chi connectivity index (χ1n) is 8.38. The van der Waals surface area contributed by atoms with Gasteiger partial charge < -0.3 is 11.1 Å². The molecule has 3 heteroatoms. The van der Waals surface area contributed by atoms with Crippen molar-refractivity contribution in [1.29, 1.82) is 0 Å². The van der Waals surface area contributed by atoms with E-state index in [-0.39, 0.29) is 23.3 Å². The maximum Gasteiger partial charge on any atom is 0.223 e. The van der Waals surface area contributed by atoms with Crippen molar-refractivity contribution in [3.63, 3.8) is 0 Å². The van der Waals surface area contributed by atoms with E-state index in [9.17, 15) is 4.79 Å². The van der Waals surface area contributed by atoms with E-state index in [1.807, 2.05) is 0 Å². The van der Waals surface area contributed by atoms with Crippen molar-refractivity contribution in [2.24, 2.45) is 28.9 Å². The van der Waals surface area contributed by atoms with Crippen LogP contribution in [0.3, 0.4) is 0 Å². The van der Waals surface area contributed by atoms with Gasteiger partial charge in [-0.3, -0.25) is 4.79 Å². The SMILES string of the molecule is CCC(NC(=O)C1CC2CCCC(C1)C2N)C(C)(C)C. The van der Waals surface area contributed by atoms with Gasteiger partial charge in [-0.25, -0.2) is 0 Å². The number of fused-ring (bicyclic) bond motifs is 2. The van der Waals surface area contributed by atoms with Crippen molar-refractivity contribution in [1.82, 2.24) is 5.32 Å². The topological polar surface area (TPSA) is 55.1 Å². The molecule has 2 aliphatic carbocycles. The normalized spacial score (nSPS) is 35.5. The first-order valence-corrected chi connectivity index (χ1v) is 8.38. The number of rotatable bonds is 3. The molecule has 3 nitrogen and oxygen atoms in total. The predicted molar refractivity (Wildman–Crippen MR) is 83.2 cm³/mol. The van der Waals surface area contributed by atoms with Crippen LogP contribution in [-0.2, 0) is 4.79 Å². The molecule has 3 N–H and O–H groups in total. The second-order valence-corrected chi connectivity index (χ2v) is 8.03. The Bertz CT molecular complexity index is 333. The van der Waals surface area contributed by atoms with Crippen molar-refractivity contribution < 1.29 is 4.79 Å². The fourth-order valence-electron chi connectivity index (χ4n) is 4.22. The Morgan fingerprint density at radius 2 is 1.80 bits per heavy atom. The minimum absolute atomic E-state index is 0.130. The number of carbonyl (C=O) groups excluding carboxylic acids is 1. The van der Waals surface area contributed by atoms with Gasteiger partial charge in [-0.1, -0.05) is 34.1 Å². The van der Waals surface area contributed by atoms with Gasteiger partial charge in [-0.2, -0.15) is 0 Å². The average molecular weight is 280 g/mol. The summed E-state index contributed by atoms with van der Waals surface area (Å²) in [6.07, 6.45) is 6.75. The summed E-state index contributed by atoms with van der Waals surface area (Å²) < 4.78 is 0. The van der Waals surface area contributed by atoms with Crippen LogP contribution in [0.5, 0.6) is 0 Å². The van der Waals surface area contributed by atoms with Gasteiger partial charge in [0, 0.05) is 18.0 Å². The van der Waals surface area contributed by atoms with Crippen LogP contribution in [0.4, 0.5) is 0 Å². The highest BCUT2D eigenvalue weighted by atomic mass is 16.1. The van der Waals surface area contributed by atoms with Gasteiger partial charge in [0.25, 0.3) is 0 Å². The van der Waals surface area contributed by atoms with Crippen LogP contribution in [0, 0.1) is 23.2 Å². The number of hydrogen-bond donors (Lipinski definition) is 2. The zero-order valence-corrected chi connectivity index (χ0v) is 13.6. The quantitative estimate of drug-likeness (QED) is 0.834. The number of nitrogens with one attached hydrogen (secondary N) is 1. The molecular formula is C17H32N2O. The van der Waals surface area contributed by atoms with Crippen LogP contribution in [0.1, 0.15) is 66.2 Å². The van der Waals surface area contributed by atoms with E-state index in [0.717, 1.165) is 19.3 Å². The molecule has 2 rings (SSSR count). The van der Waals surface area contributed by atoms with Gasteiger partial charge in [0.15, 0.2) is 0 Å². The molecule has 0 saturated heterocycles. The highest BCUT2D eigenvalue weighted by molar-refractivity contribution is 5.79. The molecule has 0 aromatic rings. The molecule has 2 aliphatic rings. The zero-order valence-electron chi connectivity index (χ0n) is 13.6. The summed E-state index contributed by atoms with van der Waals surface area (Å²) in [5, 5.41) is 3.30. The Labute approximate surface area is 124 Å². The number of nitrogens with two attached hydrogens (primary N) is 1. The molecule has 0 spiro atoms. The second-order valence-electron chi connectivity index (χ2n) is 8.03. The van der Waals surface area contributed by atoms with Crippen molar-refractivity contribution in [2.45, 2.75) is 78.3 Å². The molecule has 20 heavy (non-hydrogen) atoms. The van der Waals surface area contributed by atoms with Gasteiger partial charge in [0.2, 0.25) is 5.91 Å². The molecule has 116 valence electrons. The van der Waals surface area contributed by atoms with Gasteiger partial charge in [-0.15, -0.1) is 0 Å². The van der Waals surface area contributed by atoms with Crippen LogP contribution < -0.4 is 11.1 Å². The zero-order chi connectivity index (χ0) is 14.9. The summed E-state index contributed by atoms with van der Waals surface area (Å²) in [6, 6.07) is 0.614. The lowest BCUT2D eigenvalue weighted by molar-refractivity contribution is -0.129. The summed E-state index contributed by atoms with van der Waals surface area (Å²) in [7, 11) is 0. The predicted octanol–water partition coefficient (Wildman–Crippen LogP) is 3.08. The largest absolute Gasteiger partial charge is 0.353 e. The Morgan fingerprint density at radius 3 is 2.25 bits per heavy atom. The van der Waals surface area contributed by atoms with Gasteiger partial charge in [-0.05, 0) is 49.4 Å². The molecule has 0 heterocycles. The van der Waals surface area contributed by atoms with E-state index in [4.69, 9.17) is 5.73 Å². The van der Waals surface area contributed by atoms with Crippen molar-refractivity contribution in [3.05, 3.63) is 0 Å². The van der Waals surface area contributed by atoms with Crippen molar-refractivity contribution in [3.8, 4) is 0 Å². The maximum absolute atomic E-state index is 12.6. The molecule has 3 atom stereocenters. The molecule has 0 aliphatic heterocycles. The number of hydrogen-bond acceptors (Lipinski definition) is 2. The standard InChI is InChI=1S/C17H32N2O/c1-5-14(17(2,3)4)19-16(20)13-9-11-7-6-8-12(10-13)15(11)18/h11-15H,5-10,18H2,1-4H3,(H,19,20). The van der Waals surface area contributed by atoms with Gasteiger partial charge in [0.05, 0.1) is 0 Å². The molecule has 1 amide bonds. The second kappa shape index (κ2) is 6.05. The summed E-state index contributed by atoms with van der Waals surface area (Å²) in [5.41, 5.74) is 6.44. The Hall–Kier alpha value is -0.570. The van der Waals surface area contributed by atoms with E-state index in [1.165, 1.54) is 19.3 Å². The Morgan fingerprint density at radius 1 is 1.25 bits per heavy atom. The van der Waals surface area contributed by atoms with Crippen LogP contribution >= 0.6 is 0 Å². The first kappa shape index (κ1) is 15.8. The highest BCUT2D eigenvalue weighted by Crippen LogP contribution is 2.42.